The second kappa shape index (κ2) is 6.02. The van der Waals surface area contributed by atoms with Crippen molar-refractivity contribution in [1.82, 2.24) is 5.32 Å². The predicted octanol–water partition coefficient (Wildman–Crippen LogP) is 1.76. The number of nitrogens with zero attached hydrogens (tertiary/aromatic N) is 1. The summed E-state index contributed by atoms with van der Waals surface area (Å²) in [4.78, 5) is 11.0. The van der Waals surface area contributed by atoms with Crippen LogP contribution in [-0.2, 0) is 11.3 Å². The summed E-state index contributed by atoms with van der Waals surface area (Å²) in [6.45, 7) is 4.22. The Labute approximate surface area is 101 Å². The smallest absolute Gasteiger partial charge is 0.320 e. The Hall–Kier alpha value is -1.86. The molecule has 0 fully saturated rings. The highest BCUT2D eigenvalue weighted by atomic mass is 16.4. The van der Waals surface area contributed by atoms with Gasteiger partial charge in [-0.3, -0.25) is 4.79 Å². The first-order valence-corrected chi connectivity index (χ1v) is 5.50. The molecule has 0 saturated heterocycles. The highest BCUT2D eigenvalue weighted by molar-refractivity contribution is 5.73. The molecule has 0 aliphatic heterocycles. The van der Waals surface area contributed by atoms with Crippen LogP contribution >= 0.6 is 0 Å². The molecule has 1 atom stereocenters. The molecule has 0 unspecified atom stereocenters. The number of aliphatic carboxylic acids is 1. The number of carboxylic acid groups (broad SMARTS) is 1. The number of rotatable bonds is 5. The Morgan fingerprint density at radius 3 is 2.41 bits per heavy atom. The van der Waals surface area contributed by atoms with Crippen molar-refractivity contribution in [3.05, 3.63) is 35.4 Å². The SMILES string of the molecule is CC(C)[C@H](NCc1ccc(C#N)cc1)C(=O)O. The normalized spacial score (nSPS) is 12.1. The summed E-state index contributed by atoms with van der Waals surface area (Å²) in [7, 11) is 0. The van der Waals surface area contributed by atoms with Gasteiger partial charge in [-0.2, -0.15) is 5.26 Å². The van der Waals surface area contributed by atoms with Gasteiger partial charge in [-0.05, 0) is 23.6 Å². The van der Waals surface area contributed by atoms with Gasteiger partial charge in [-0.15, -0.1) is 0 Å². The molecule has 0 aromatic heterocycles. The molecule has 1 aromatic rings. The van der Waals surface area contributed by atoms with E-state index in [1.54, 1.807) is 12.1 Å². The third-order valence-corrected chi connectivity index (χ3v) is 2.54. The molecular formula is C13H16N2O2. The average molecular weight is 232 g/mol. The fraction of sp³-hybridized carbons (Fsp3) is 0.385. The Morgan fingerprint density at radius 1 is 1.41 bits per heavy atom. The fourth-order valence-corrected chi connectivity index (χ4v) is 1.53. The van der Waals surface area contributed by atoms with Crippen molar-refractivity contribution >= 4 is 5.97 Å². The van der Waals surface area contributed by atoms with Crippen LogP contribution in [0.4, 0.5) is 0 Å². The minimum absolute atomic E-state index is 0.0332. The van der Waals surface area contributed by atoms with E-state index >= 15 is 0 Å². The Kier molecular flexibility index (Phi) is 4.68. The summed E-state index contributed by atoms with van der Waals surface area (Å²) in [5.41, 5.74) is 1.57. The first-order chi connectivity index (χ1) is 8.04. The topological polar surface area (TPSA) is 73.1 Å². The maximum Gasteiger partial charge on any atom is 0.320 e. The molecule has 0 saturated carbocycles. The summed E-state index contributed by atoms with van der Waals surface area (Å²) in [5, 5.41) is 20.6. The lowest BCUT2D eigenvalue weighted by Crippen LogP contribution is -2.40. The molecule has 4 nitrogen and oxygen atoms in total. The molecule has 1 aromatic carbocycles. The molecular weight excluding hydrogens is 216 g/mol. The lowest BCUT2D eigenvalue weighted by molar-refractivity contribution is -0.140. The van der Waals surface area contributed by atoms with E-state index < -0.39 is 12.0 Å². The summed E-state index contributed by atoms with van der Waals surface area (Å²) in [6, 6.07) is 8.59. The molecule has 90 valence electrons. The summed E-state index contributed by atoms with van der Waals surface area (Å²) in [6.07, 6.45) is 0. The average Bonchev–Trinajstić information content (AvgIpc) is 2.29. The van der Waals surface area contributed by atoms with Crippen LogP contribution in [-0.4, -0.2) is 17.1 Å². The van der Waals surface area contributed by atoms with E-state index in [1.165, 1.54) is 0 Å². The zero-order valence-corrected chi connectivity index (χ0v) is 9.97. The van der Waals surface area contributed by atoms with Crippen molar-refractivity contribution in [2.75, 3.05) is 0 Å². The zero-order valence-electron chi connectivity index (χ0n) is 9.97. The first-order valence-electron chi connectivity index (χ1n) is 5.50. The largest absolute Gasteiger partial charge is 0.480 e. The van der Waals surface area contributed by atoms with Gasteiger partial charge in [-0.1, -0.05) is 26.0 Å². The second-order valence-electron chi connectivity index (χ2n) is 4.25. The molecule has 0 radical (unpaired) electrons. The fourth-order valence-electron chi connectivity index (χ4n) is 1.53. The number of benzene rings is 1. The van der Waals surface area contributed by atoms with Crippen molar-refractivity contribution < 1.29 is 9.90 Å². The van der Waals surface area contributed by atoms with Crippen LogP contribution in [0.1, 0.15) is 25.0 Å². The van der Waals surface area contributed by atoms with E-state index in [2.05, 4.69) is 5.32 Å². The summed E-state index contributed by atoms with van der Waals surface area (Å²) < 4.78 is 0. The van der Waals surface area contributed by atoms with E-state index in [0.29, 0.717) is 12.1 Å². The maximum atomic E-state index is 11.0. The molecule has 4 heteroatoms. The van der Waals surface area contributed by atoms with Crippen LogP contribution in [0.3, 0.4) is 0 Å². The van der Waals surface area contributed by atoms with Crippen LogP contribution in [0.5, 0.6) is 0 Å². The van der Waals surface area contributed by atoms with Crippen LogP contribution < -0.4 is 5.32 Å². The molecule has 0 heterocycles. The van der Waals surface area contributed by atoms with E-state index in [1.807, 2.05) is 32.0 Å². The minimum atomic E-state index is -0.839. The molecule has 0 aliphatic carbocycles. The number of nitriles is 1. The van der Waals surface area contributed by atoms with Gasteiger partial charge in [0, 0.05) is 6.54 Å². The van der Waals surface area contributed by atoms with Crippen molar-refractivity contribution in [1.29, 1.82) is 5.26 Å². The van der Waals surface area contributed by atoms with Gasteiger partial charge in [0.25, 0.3) is 0 Å². The highest BCUT2D eigenvalue weighted by Crippen LogP contribution is 2.06. The molecule has 1 rings (SSSR count). The van der Waals surface area contributed by atoms with Crippen molar-refractivity contribution in [3.63, 3.8) is 0 Å². The molecule has 0 bridgehead atoms. The van der Waals surface area contributed by atoms with Gasteiger partial charge in [-0.25, -0.2) is 0 Å². The number of nitrogens with one attached hydrogen (secondary N) is 1. The Balaban J connectivity index is 2.60. The first kappa shape index (κ1) is 13.2. The zero-order chi connectivity index (χ0) is 12.8. The van der Waals surface area contributed by atoms with Gasteiger partial charge in [0.2, 0.25) is 0 Å². The van der Waals surface area contributed by atoms with Gasteiger partial charge < -0.3 is 10.4 Å². The lowest BCUT2D eigenvalue weighted by Gasteiger charge is -2.17. The highest BCUT2D eigenvalue weighted by Gasteiger charge is 2.20. The monoisotopic (exact) mass is 232 g/mol. The predicted molar refractivity (Wildman–Crippen MR) is 64.3 cm³/mol. The van der Waals surface area contributed by atoms with E-state index in [0.717, 1.165) is 5.56 Å². The van der Waals surface area contributed by atoms with E-state index in [-0.39, 0.29) is 5.92 Å². The Morgan fingerprint density at radius 2 is 2.00 bits per heavy atom. The van der Waals surface area contributed by atoms with Gasteiger partial charge >= 0.3 is 5.97 Å². The maximum absolute atomic E-state index is 11.0. The number of carboxylic acids is 1. The van der Waals surface area contributed by atoms with Crippen molar-refractivity contribution in [3.8, 4) is 6.07 Å². The quantitative estimate of drug-likeness (QED) is 0.811. The van der Waals surface area contributed by atoms with Gasteiger partial charge in [0.1, 0.15) is 6.04 Å². The van der Waals surface area contributed by atoms with Crippen LogP contribution in [0.2, 0.25) is 0 Å². The molecule has 0 spiro atoms. The minimum Gasteiger partial charge on any atom is -0.480 e. The molecule has 2 N–H and O–H groups in total. The number of hydrogen-bond donors (Lipinski definition) is 2. The third kappa shape index (κ3) is 3.89. The number of carbonyl (C=O) groups is 1. The standard InChI is InChI=1S/C13H16N2O2/c1-9(2)12(13(16)17)15-8-11-5-3-10(7-14)4-6-11/h3-6,9,12,15H,8H2,1-2H3,(H,16,17)/t12-/m0/s1. The van der Waals surface area contributed by atoms with Gasteiger partial charge in [0.05, 0.1) is 11.6 Å². The molecule has 0 aliphatic rings. The van der Waals surface area contributed by atoms with Crippen molar-refractivity contribution in [2.45, 2.75) is 26.4 Å². The summed E-state index contributed by atoms with van der Waals surface area (Å²) in [5.74, 6) is -0.806. The van der Waals surface area contributed by atoms with E-state index in [4.69, 9.17) is 10.4 Å². The lowest BCUT2D eigenvalue weighted by atomic mass is 10.0. The van der Waals surface area contributed by atoms with Crippen molar-refractivity contribution in [2.24, 2.45) is 5.92 Å². The molecule has 17 heavy (non-hydrogen) atoms. The van der Waals surface area contributed by atoms with Crippen LogP contribution in [0.25, 0.3) is 0 Å². The second-order valence-corrected chi connectivity index (χ2v) is 4.25. The van der Waals surface area contributed by atoms with Crippen LogP contribution in [0.15, 0.2) is 24.3 Å². The van der Waals surface area contributed by atoms with Crippen LogP contribution in [0, 0.1) is 17.2 Å². The summed E-state index contributed by atoms with van der Waals surface area (Å²) >= 11 is 0. The van der Waals surface area contributed by atoms with Gasteiger partial charge in [0.15, 0.2) is 0 Å². The Bertz CT molecular complexity index is 418. The van der Waals surface area contributed by atoms with E-state index in [9.17, 15) is 4.79 Å². The molecule has 0 amide bonds. The third-order valence-electron chi connectivity index (χ3n) is 2.54. The number of hydrogen-bond acceptors (Lipinski definition) is 3.